The number of aromatic amines is 1. The van der Waals surface area contributed by atoms with Crippen LogP contribution in [0.2, 0.25) is 0 Å². The van der Waals surface area contributed by atoms with Crippen molar-refractivity contribution >= 4 is 28.7 Å². The maximum Gasteiger partial charge on any atom is 0.338 e. The van der Waals surface area contributed by atoms with Crippen molar-refractivity contribution in [2.75, 3.05) is 27.0 Å². The fraction of sp³-hybridized carbons (Fsp3) is 0.281. The van der Waals surface area contributed by atoms with Crippen LogP contribution in [0.1, 0.15) is 46.6 Å². The highest BCUT2D eigenvalue weighted by atomic mass is 16.7. The molecule has 0 radical (unpaired) electrons. The zero-order valence-electron chi connectivity index (χ0n) is 23.3. The fourth-order valence-corrected chi connectivity index (χ4v) is 5.71. The molecule has 0 spiro atoms. The molecule has 0 saturated carbocycles. The number of aromatic nitrogens is 1. The number of benzene rings is 3. The predicted molar refractivity (Wildman–Crippen MR) is 153 cm³/mol. The summed E-state index contributed by atoms with van der Waals surface area (Å²) in [6.07, 6.45) is 1.32. The SMILES string of the molecule is CCCOC(=O)c1ccc(O)cc1.CN1CC(=O)N2[C@H](c3ccc4c(c3)OCO4)c3[nH]c4ccccc4c3C[C@@H]2C1=O. The summed E-state index contributed by atoms with van der Waals surface area (Å²) in [7, 11) is 1.69. The van der Waals surface area contributed by atoms with Crippen molar-refractivity contribution < 1.29 is 33.7 Å². The molecule has 1 saturated heterocycles. The van der Waals surface area contributed by atoms with E-state index in [-0.39, 0.29) is 42.9 Å². The molecule has 4 heterocycles. The second kappa shape index (κ2) is 11.1. The van der Waals surface area contributed by atoms with Crippen LogP contribution in [0.4, 0.5) is 0 Å². The van der Waals surface area contributed by atoms with Gasteiger partial charge in [-0.15, -0.1) is 0 Å². The number of amides is 2. The number of carbonyl (C=O) groups is 3. The van der Waals surface area contributed by atoms with Crippen LogP contribution < -0.4 is 9.47 Å². The fourth-order valence-electron chi connectivity index (χ4n) is 5.71. The lowest BCUT2D eigenvalue weighted by Gasteiger charge is -2.46. The summed E-state index contributed by atoms with van der Waals surface area (Å²) in [4.78, 5) is 44.1. The molecule has 3 aromatic carbocycles. The van der Waals surface area contributed by atoms with Crippen molar-refractivity contribution in [3.8, 4) is 17.2 Å². The summed E-state index contributed by atoms with van der Waals surface area (Å²) < 4.78 is 15.9. The molecule has 2 atom stereocenters. The number of carbonyl (C=O) groups excluding carboxylic acids is 3. The van der Waals surface area contributed by atoms with Crippen LogP contribution in [0, 0.1) is 0 Å². The Bertz CT molecular complexity index is 1660. The molecule has 1 aromatic heterocycles. The van der Waals surface area contributed by atoms with E-state index in [0.29, 0.717) is 30.1 Å². The maximum absolute atomic E-state index is 13.1. The van der Waals surface area contributed by atoms with E-state index >= 15 is 0 Å². The molecule has 0 bridgehead atoms. The molecule has 42 heavy (non-hydrogen) atoms. The van der Waals surface area contributed by atoms with E-state index in [2.05, 4.69) is 11.1 Å². The first-order valence-corrected chi connectivity index (χ1v) is 13.9. The van der Waals surface area contributed by atoms with Gasteiger partial charge in [-0.05, 0) is 60.0 Å². The lowest BCUT2D eigenvalue weighted by Crippen LogP contribution is -2.62. The molecule has 0 unspecified atom stereocenters. The van der Waals surface area contributed by atoms with Crippen LogP contribution in [0.15, 0.2) is 66.7 Å². The average molecular weight is 570 g/mol. The molecular weight excluding hydrogens is 538 g/mol. The topological polar surface area (TPSA) is 121 Å². The maximum atomic E-state index is 13.1. The van der Waals surface area contributed by atoms with Crippen molar-refractivity contribution in [1.29, 1.82) is 0 Å². The minimum Gasteiger partial charge on any atom is -0.508 e. The molecule has 10 nitrogen and oxygen atoms in total. The van der Waals surface area contributed by atoms with Crippen LogP contribution in [-0.2, 0) is 20.7 Å². The number of phenolic OH excluding ortho intramolecular Hbond substituents is 1. The Morgan fingerprint density at radius 1 is 1.05 bits per heavy atom. The predicted octanol–water partition coefficient (Wildman–Crippen LogP) is 4.17. The minimum absolute atomic E-state index is 0.0220. The van der Waals surface area contributed by atoms with Crippen LogP contribution in [0.3, 0.4) is 0 Å². The van der Waals surface area contributed by atoms with Gasteiger partial charge in [-0.1, -0.05) is 31.2 Å². The Labute approximate surface area is 242 Å². The highest BCUT2D eigenvalue weighted by Crippen LogP contribution is 2.44. The number of hydrogen-bond donors (Lipinski definition) is 2. The van der Waals surface area contributed by atoms with E-state index < -0.39 is 6.04 Å². The van der Waals surface area contributed by atoms with Gasteiger partial charge < -0.3 is 34.1 Å². The third kappa shape index (κ3) is 4.89. The third-order valence-electron chi connectivity index (χ3n) is 7.71. The minimum atomic E-state index is -0.511. The largest absolute Gasteiger partial charge is 0.508 e. The van der Waals surface area contributed by atoms with Gasteiger partial charge in [-0.2, -0.15) is 0 Å². The summed E-state index contributed by atoms with van der Waals surface area (Å²) in [5.41, 5.74) is 4.44. The van der Waals surface area contributed by atoms with Gasteiger partial charge in [0, 0.05) is 30.1 Å². The van der Waals surface area contributed by atoms with Crippen molar-refractivity contribution in [3.05, 3.63) is 89.1 Å². The van der Waals surface area contributed by atoms with Crippen molar-refractivity contribution in [3.63, 3.8) is 0 Å². The number of esters is 1. The smallest absolute Gasteiger partial charge is 0.338 e. The van der Waals surface area contributed by atoms with E-state index in [9.17, 15) is 14.4 Å². The molecule has 2 amide bonds. The molecule has 1 fully saturated rings. The Hall–Kier alpha value is -4.99. The molecule has 216 valence electrons. The van der Waals surface area contributed by atoms with Gasteiger partial charge in [0.2, 0.25) is 18.6 Å². The number of piperazine rings is 1. The van der Waals surface area contributed by atoms with E-state index in [0.717, 1.165) is 34.1 Å². The van der Waals surface area contributed by atoms with Crippen LogP contribution in [0.5, 0.6) is 17.2 Å². The highest BCUT2D eigenvalue weighted by Gasteiger charge is 2.47. The summed E-state index contributed by atoms with van der Waals surface area (Å²) >= 11 is 0. The molecule has 2 N–H and O–H groups in total. The van der Waals surface area contributed by atoms with E-state index in [1.165, 1.54) is 29.2 Å². The van der Waals surface area contributed by atoms with Crippen molar-refractivity contribution in [2.45, 2.75) is 31.8 Å². The van der Waals surface area contributed by atoms with Crippen molar-refractivity contribution in [2.24, 2.45) is 0 Å². The van der Waals surface area contributed by atoms with Crippen LogP contribution in [-0.4, -0.2) is 70.7 Å². The molecule has 4 aromatic rings. The van der Waals surface area contributed by atoms with Gasteiger partial charge in [-0.3, -0.25) is 9.59 Å². The second-order valence-electron chi connectivity index (χ2n) is 10.5. The summed E-state index contributed by atoms with van der Waals surface area (Å²) in [6.45, 7) is 2.64. The van der Waals surface area contributed by atoms with Gasteiger partial charge >= 0.3 is 5.97 Å². The van der Waals surface area contributed by atoms with Crippen LogP contribution in [0.25, 0.3) is 10.9 Å². The molecule has 10 heteroatoms. The Morgan fingerprint density at radius 3 is 2.60 bits per heavy atom. The highest BCUT2D eigenvalue weighted by molar-refractivity contribution is 5.97. The monoisotopic (exact) mass is 569 g/mol. The molecule has 3 aliphatic rings. The van der Waals surface area contributed by atoms with E-state index in [4.69, 9.17) is 19.3 Å². The van der Waals surface area contributed by atoms with E-state index in [1.54, 1.807) is 11.9 Å². The zero-order chi connectivity index (χ0) is 29.4. The van der Waals surface area contributed by atoms with Crippen molar-refractivity contribution in [1.82, 2.24) is 14.8 Å². The van der Waals surface area contributed by atoms with Crippen LogP contribution >= 0.6 is 0 Å². The van der Waals surface area contributed by atoms with E-state index in [1.807, 2.05) is 43.3 Å². The number of nitrogens with zero attached hydrogens (tertiary/aromatic N) is 2. The number of H-pyrrole nitrogens is 1. The molecule has 7 rings (SSSR count). The Kier molecular flexibility index (Phi) is 7.20. The Balaban J connectivity index is 0.000000206. The number of fused-ring (bicyclic) bond motifs is 5. The second-order valence-corrected chi connectivity index (χ2v) is 10.5. The first-order chi connectivity index (χ1) is 20.4. The summed E-state index contributed by atoms with van der Waals surface area (Å²) in [6, 6.07) is 18.9. The van der Waals surface area contributed by atoms with Gasteiger partial charge in [0.05, 0.1) is 24.8 Å². The van der Waals surface area contributed by atoms with Gasteiger partial charge in [0.25, 0.3) is 0 Å². The number of para-hydroxylation sites is 1. The zero-order valence-corrected chi connectivity index (χ0v) is 23.3. The Morgan fingerprint density at radius 2 is 1.81 bits per heavy atom. The molecular formula is C32H31N3O7. The van der Waals surface area contributed by atoms with Gasteiger partial charge in [0.1, 0.15) is 11.8 Å². The first-order valence-electron chi connectivity index (χ1n) is 13.9. The number of phenols is 1. The number of nitrogens with one attached hydrogen (secondary N) is 1. The molecule has 0 aliphatic carbocycles. The number of aromatic hydroxyl groups is 1. The third-order valence-corrected chi connectivity index (χ3v) is 7.71. The summed E-state index contributed by atoms with van der Waals surface area (Å²) in [5, 5.41) is 10.1. The first kappa shape index (κ1) is 27.2. The number of likely N-dealkylation sites (N-methyl/N-ethyl adjacent to an activating group) is 1. The lowest BCUT2D eigenvalue weighted by atomic mass is 9.86. The van der Waals surface area contributed by atoms with Gasteiger partial charge in [0.15, 0.2) is 11.5 Å². The quantitative estimate of drug-likeness (QED) is 0.354. The summed E-state index contributed by atoms with van der Waals surface area (Å²) in [5.74, 6) is 1.08. The number of rotatable bonds is 4. The normalized spacial score (nSPS) is 18.7. The average Bonchev–Trinajstić information content (AvgIpc) is 3.62. The lowest BCUT2D eigenvalue weighted by molar-refractivity contribution is -0.157. The number of hydrogen-bond acceptors (Lipinski definition) is 7. The van der Waals surface area contributed by atoms with Gasteiger partial charge in [-0.25, -0.2) is 4.79 Å². The standard InChI is InChI=1S/C22H19N3O4.C10H12O3/c1-24-10-19(26)25-16(22(24)27)9-14-13-4-2-3-5-15(13)23-20(14)21(25)12-6-7-17-18(8-12)29-11-28-17;1-2-7-13-10(12)8-3-5-9(11)6-4-8/h2-8,16,21,23H,9-11H2,1H3;3-6,11H,2,7H2,1H3/t16-,21-;/m1./s1. The molecule has 3 aliphatic heterocycles. The number of ether oxygens (including phenoxy) is 3.